The van der Waals surface area contributed by atoms with Crippen molar-refractivity contribution in [3.05, 3.63) is 59.5 Å². The number of methoxy groups -OCH3 is 1. The third-order valence-corrected chi connectivity index (χ3v) is 4.27. The van der Waals surface area contributed by atoms with Crippen LogP contribution in [0.15, 0.2) is 47.0 Å². The summed E-state index contributed by atoms with van der Waals surface area (Å²) in [5.74, 6) is 1.82. The summed E-state index contributed by atoms with van der Waals surface area (Å²) >= 11 is 0. The first-order valence-electron chi connectivity index (χ1n) is 8.89. The second-order valence-electron chi connectivity index (χ2n) is 6.46. The van der Waals surface area contributed by atoms with Crippen LogP contribution in [0.2, 0.25) is 0 Å². The highest BCUT2D eigenvalue weighted by atomic mass is 16.5. The second kappa shape index (κ2) is 8.49. The molecule has 0 unspecified atom stereocenters. The van der Waals surface area contributed by atoms with Gasteiger partial charge < -0.3 is 14.6 Å². The Morgan fingerprint density at radius 1 is 1.15 bits per heavy atom. The maximum atomic E-state index is 12.1. The molecule has 0 fully saturated rings. The molecule has 0 atom stereocenters. The first-order valence-corrected chi connectivity index (χ1v) is 8.89. The first kappa shape index (κ1) is 18.6. The van der Waals surface area contributed by atoms with E-state index in [1.807, 2.05) is 50.2 Å². The zero-order valence-corrected chi connectivity index (χ0v) is 15.8. The SMILES string of the molecule is COc1ccc(-c2noc(CCCC(=O)Nc3ccc(C)cc3C)n2)cc1. The van der Waals surface area contributed by atoms with Gasteiger partial charge in [-0.2, -0.15) is 4.98 Å². The molecule has 0 saturated carbocycles. The van der Waals surface area contributed by atoms with Crippen molar-refractivity contribution in [3.63, 3.8) is 0 Å². The molecular weight excluding hydrogens is 342 g/mol. The maximum absolute atomic E-state index is 12.1. The molecule has 0 radical (unpaired) electrons. The molecule has 0 aliphatic carbocycles. The topological polar surface area (TPSA) is 77.2 Å². The fourth-order valence-corrected chi connectivity index (χ4v) is 2.78. The van der Waals surface area contributed by atoms with Gasteiger partial charge in [0.25, 0.3) is 0 Å². The van der Waals surface area contributed by atoms with Gasteiger partial charge in [-0.15, -0.1) is 0 Å². The van der Waals surface area contributed by atoms with Gasteiger partial charge >= 0.3 is 0 Å². The second-order valence-corrected chi connectivity index (χ2v) is 6.46. The molecule has 2 aromatic carbocycles. The van der Waals surface area contributed by atoms with Crippen LogP contribution in [-0.2, 0) is 11.2 Å². The highest BCUT2D eigenvalue weighted by molar-refractivity contribution is 5.91. The third-order valence-electron chi connectivity index (χ3n) is 4.27. The van der Waals surface area contributed by atoms with Gasteiger partial charge in [-0.25, -0.2) is 0 Å². The minimum atomic E-state index is -0.0168. The van der Waals surface area contributed by atoms with Crippen LogP contribution >= 0.6 is 0 Å². The van der Waals surface area contributed by atoms with Crippen LogP contribution in [0.3, 0.4) is 0 Å². The molecule has 0 aliphatic rings. The lowest BCUT2D eigenvalue weighted by Crippen LogP contribution is -2.12. The van der Waals surface area contributed by atoms with E-state index >= 15 is 0 Å². The van der Waals surface area contributed by atoms with E-state index in [4.69, 9.17) is 9.26 Å². The lowest BCUT2D eigenvalue weighted by Gasteiger charge is -2.08. The predicted molar refractivity (Wildman–Crippen MR) is 104 cm³/mol. The van der Waals surface area contributed by atoms with Gasteiger partial charge in [-0.05, 0) is 56.2 Å². The van der Waals surface area contributed by atoms with Crippen LogP contribution in [0, 0.1) is 13.8 Å². The lowest BCUT2D eigenvalue weighted by molar-refractivity contribution is -0.116. The molecule has 27 heavy (non-hydrogen) atoms. The summed E-state index contributed by atoms with van der Waals surface area (Å²) in [5, 5.41) is 6.95. The molecule has 3 aromatic rings. The molecule has 6 heteroatoms. The molecule has 0 spiro atoms. The minimum absolute atomic E-state index is 0.0168. The van der Waals surface area contributed by atoms with Gasteiger partial charge in [0.1, 0.15) is 5.75 Å². The fraction of sp³-hybridized carbons (Fsp3) is 0.286. The number of nitrogens with zero attached hydrogens (tertiary/aromatic N) is 2. The molecule has 140 valence electrons. The number of amides is 1. The van der Waals surface area contributed by atoms with E-state index < -0.39 is 0 Å². The monoisotopic (exact) mass is 365 g/mol. The number of rotatable bonds is 7. The lowest BCUT2D eigenvalue weighted by atomic mass is 10.1. The Morgan fingerprint density at radius 2 is 1.93 bits per heavy atom. The first-order chi connectivity index (χ1) is 13.0. The van der Waals surface area contributed by atoms with Crippen molar-refractivity contribution >= 4 is 11.6 Å². The Balaban J connectivity index is 1.50. The van der Waals surface area contributed by atoms with Crippen molar-refractivity contribution in [2.75, 3.05) is 12.4 Å². The minimum Gasteiger partial charge on any atom is -0.497 e. The molecule has 1 amide bonds. The standard InChI is InChI=1S/C21H23N3O3/c1-14-7-12-18(15(2)13-14)22-19(25)5-4-6-20-23-21(24-27-20)16-8-10-17(26-3)11-9-16/h7-13H,4-6H2,1-3H3,(H,22,25). The van der Waals surface area contributed by atoms with Gasteiger partial charge in [-0.1, -0.05) is 22.9 Å². The Morgan fingerprint density at radius 3 is 2.63 bits per heavy atom. The summed E-state index contributed by atoms with van der Waals surface area (Å²) < 4.78 is 10.4. The van der Waals surface area contributed by atoms with Crippen molar-refractivity contribution in [3.8, 4) is 17.1 Å². The van der Waals surface area contributed by atoms with E-state index in [-0.39, 0.29) is 5.91 Å². The number of aryl methyl sites for hydroxylation is 3. The molecule has 6 nitrogen and oxygen atoms in total. The molecule has 1 heterocycles. The van der Waals surface area contributed by atoms with Crippen LogP contribution in [-0.4, -0.2) is 23.2 Å². The quantitative estimate of drug-likeness (QED) is 0.674. The summed E-state index contributed by atoms with van der Waals surface area (Å²) in [6.07, 6.45) is 1.60. The van der Waals surface area contributed by atoms with E-state index in [1.165, 1.54) is 5.56 Å². The molecule has 0 aliphatic heterocycles. The van der Waals surface area contributed by atoms with E-state index in [2.05, 4.69) is 21.5 Å². The number of hydrogen-bond acceptors (Lipinski definition) is 5. The number of carbonyl (C=O) groups is 1. The van der Waals surface area contributed by atoms with Crippen LogP contribution in [0.5, 0.6) is 5.75 Å². The zero-order chi connectivity index (χ0) is 19.2. The Kier molecular flexibility index (Phi) is 5.86. The van der Waals surface area contributed by atoms with Crippen molar-refractivity contribution in [2.24, 2.45) is 0 Å². The molecular formula is C21H23N3O3. The van der Waals surface area contributed by atoms with Crippen molar-refractivity contribution in [1.29, 1.82) is 0 Å². The molecule has 0 bridgehead atoms. The van der Waals surface area contributed by atoms with Gasteiger partial charge in [0, 0.05) is 24.1 Å². The van der Waals surface area contributed by atoms with Crippen LogP contribution < -0.4 is 10.1 Å². The summed E-state index contributed by atoms with van der Waals surface area (Å²) in [5.41, 5.74) is 3.95. The van der Waals surface area contributed by atoms with Gasteiger partial charge in [-0.3, -0.25) is 4.79 Å². The van der Waals surface area contributed by atoms with Crippen LogP contribution in [0.4, 0.5) is 5.69 Å². The van der Waals surface area contributed by atoms with E-state index in [0.29, 0.717) is 31.0 Å². The predicted octanol–water partition coefficient (Wildman–Crippen LogP) is 4.32. The zero-order valence-electron chi connectivity index (χ0n) is 15.8. The summed E-state index contributed by atoms with van der Waals surface area (Å²) in [4.78, 5) is 16.5. The summed E-state index contributed by atoms with van der Waals surface area (Å²) in [6.45, 7) is 4.02. The van der Waals surface area contributed by atoms with Gasteiger partial charge in [0.05, 0.1) is 7.11 Å². The highest BCUT2D eigenvalue weighted by Gasteiger charge is 2.10. The fourth-order valence-electron chi connectivity index (χ4n) is 2.78. The average Bonchev–Trinajstić information content (AvgIpc) is 3.13. The van der Waals surface area contributed by atoms with E-state index in [1.54, 1.807) is 7.11 Å². The van der Waals surface area contributed by atoms with Crippen LogP contribution in [0.25, 0.3) is 11.4 Å². The molecule has 0 saturated heterocycles. The number of ether oxygens (including phenoxy) is 1. The van der Waals surface area contributed by atoms with Crippen molar-refractivity contribution in [1.82, 2.24) is 10.1 Å². The molecule has 1 aromatic heterocycles. The number of benzene rings is 2. The summed E-state index contributed by atoms with van der Waals surface area (Å²) in [7, 11) is 1.62. The maximum Gasteiger partial charge on any atom is 0.226 e. The Bertz CT molecular complexity index is 917. The number of carbonyl (C=O) groups excluding carboxylic acids is 1. The van der Waals surface area contributed by atoms with Crippen molar-refractivity contribution in [2.45, 2.75) is 33.1 Å². The van der Waals surface area contributed by atoms with Crippen molar-refractivity contribution < 1.29 is 14.1 Å². The Labute approximate surface area is 158 Å². The highest BCUT2D eigenvalue weighted by Crippen LogP contribution is 2.20. The third kappa shape index (κ3) is 4.94. The largest absolute Gasteiger partial charge is 0.497 e. The van der Waals surface area contributed by atoms with E-state index in [9.17, 15) is 4.79 Å². The van der Waals surface area contributed by atoms with E-state index in [0.717, 1.165) is 22.6 Å². The van der Waals surface area contributed by atoms with Gasteiger partial charge in [0.2, 0.25) is 17.6 Å². The number of aromatic nitrogens is 2. The molecule has 1 N–H and O–H groups in total. The number of anilines is 1. The summed E-state index contributed by atoms with van der Waals surface area (Å²) in [6, 6.07) is 13.4. The number of nitrogens with one attached hydrogen (secondary N) is 1. The number of hydrogen-bond donors (Lipinski definition) is 1. The van der Waals surface area contributed by atoms with Gasteiger partial charge in [0.15, 0.2) is 0 Å². The smallest absolute Gasteiger partial charge is 0.226 e. The van der Waals surface area contributed by atoms with Crippen LogP contribution in [0.1, 0.15) is 29.9 Å². The average molecular weight is 365 g/mol. The normalized spacial score (nSPS) is 10.6. The Hall–Kier alpha value is -3.15. The molecule has 3 rings (SSSR count).